The molecule has 0 saturated carbocycles. The van der Waals surface area contributed by atoms with Crippen molar-refractivity contribution in [2.75, 3.05) is 19.6 Å². The highest BCUT2D eigenvalue weighted by Crippen LogP contribution is 2.18. The quantitative estimate of drug-likeness (QED) is 0.846. The third kappa shape index (κ3) is 4.12. The summed E-state index contributed by atoms with van der Waals surface area (Å²) in [6.07, 6.45) is 1.90. The molecule has 1 aromatic heterocycles. The molecular formula is C17H20N4O2. The minimum atomic E-state index is -0.610. The lowest BCUT2D eigenvalue weighted by Gasteiger charge is -2.30. The Kier molecular flexibility index (Phi) is 4.95. The molecule has 1 atom stereocenters. The Bertz CT molecular complexity index is 663. The second-order valence-corrected chi connectivity index (χ2v) is 5.73. The summed E-state index contributed by atoms with van der Waals surface area (Å²) in [5, 5.41) is 20.3. The molecule has 1 unspecified atom stereocenters. The number of aromatic nitrogens is 2. The normalized spacial score (nSPS) is 15.7. The highest BCUT2D eigenvalue weighted by atomic mass is 16.3. The van der Waals surface area contributed by atoms with Crippen molar-refractivity contribution in [1.82, 2.24) is 20.4 Å². The first-order chi connectivity index (χ1) is 11.2. The third-order valence-electron chi connectivity index (χ3n) is 3.98. The van der Waals surface area contributed by atoms with Crippen molar-refractivity contribution in [3.8, 4) is 0 Å². The molecule has 2 aromatic rings. The van der Waals surface area contributed by atoms with Crippen molar-refractivity contribution >= 4 is 5.91 Å². The van der Waals surface area contributed by atoms with Crippen molar-refractivity contribution in [1.29, 1.82) is 0 Å². The van der Waals surface area contributed by atoms with Crippen LogP contribution in [-0.4, -0.2) is 51.8 Å². The van der Waals surface area contributed by atoms with Gasteiger partial charge < -0.3 is 10.4 Å². The Morgan fingerprint density at radius 3 is 2.87 bits per heavy atom. The lowest BCUT2D eigenvalue weighted by atomic mass is 10.00. The van der Waals surface area contributed by atoms with E-state index >= 15 is 0 Å². The molecule has 3 rings (SSSR count). The van der Waals surface area contributed by atoms with Gasteiger partial charge in [-0.05, 0) is 29.7 Å². The van der Waals surface area contributed by atoms with Crippen molar-refractivity contribution < 1.29 is 9.90 Å². The predicted molar refractivity (Wildman–Crippen MR) is 85.8 cm³/mol. The van der Waals surface area contributed by atoms with Crippen LogP contribution in [0.4, 0.5) is 0 Å². The molecule has 0 aliphatic carbocycles. The topological polar surface area (TPSA) is 78.4 Å². The number of rotatable bonds is 5. The maximum Gasteiger partial charge on any atom is 0.271 e. The summed E-state index contributed by atoms with van der Waals surface area (Å²) in [6, 6.07) is 11.6. The van der Waals surface area contributed by atoms with Crippen LogP contribution in [0.25, 0.3) is 0 Å². The number of nitrogens with zero attached hydrogens (tertiary/aromatic N) is 3. The van der Waals surface area contributed by atoms with Crippen LogP contribution < -0.4 is 5.32 Å². The third-order valence-corrected chi connectivity index (χ3v) is 3.98. The fourth-order valence-electron chi connectivity index (χ4n) is 2.80. The number of benzene rings is 1. The van der Waals surface area contributed by atoms with Gasteiger partial charge in [-0.2, -0.15) is 5.10 Å². The van der Waals surface area contributed by atoms with Crippen molar-refractivity contribution in [3.63, 3.8) is 0 Å². The molecular weight excluding hydrogens is 292 g/mol. The molecule has 6 heteroatoms. The van der Waals surface area contributed by atoms with E-state index in [1.807, 2.05) is 6.07 Å². The number of fused-ring (bicyclic) bond motifs is 1. The van der Waals surface area contributed by atoms with Crippen LogP contribution in [-0.2, 0) is 13.0 Å². The molecule has 0 spiro atoms. The van der Waals surface area contributed by atoms with Gasteiger partial charge in [-0.1, -0.05) is 24.3 Å². The first-order valence-corrected chi connectivity index (χ1v) is 7.75. The highest BCUT2D eigenvalue weighted by Gasteiger charge is 2.19. The van der Waals surface area contributed by atoms with Gasteiger partial charge in [-0.15, -0.1) is 5.10 Å². The van der Waals surface area contributed by atoms with Crippen LogP contribution in [0, 0.1) is 0 Å². The molecule has 1 aromatic carbocycles. The molecule has 2 heterocycles. The number of amides is 1. The summed E-state index contributed by atoms with van der Waals surface area (Å²) in [6.45, 7) is 2.50. The molecule has 23 heavy (non-hydrogen) atoms. The van der Waals surface area contributed by atoms with E-state index in [1.165, 1.54) is 17.3 Å². The van der Waals surface area contributed by atoms with Crippen LogP contribution in [0.15, 0.2) is 42.6 Å². The summed E-state index contributed by atoms with van der Waals surface area (Å²) in [7, 11) is 0. The lowest BCUT2D eigenvalue weighted by Crippen LogP contribution is -2.42. The number of carbonyl (C=O) groups is 1. The average Bonchev–Trinajstić information content (AvgIpc) is 2.60. The molecule has 1 aliphatic heterocycles. The number of carbonyl (C=O) groups excluding carboxylic acids is 1. The second-order valence-electron chi connectivity index (χ2n) is 5.73. The number of aliphatic hydroxyl groups excluding tert-OH is 1. The Morgan fingerprint density at radius 2 is 2.09 bits per heavy atom. The largest absolute Gasteiger partial charge is 0.390 e. The minimum Gasteiger partial charge on any atom is -0.390 e. The van der Waals surface area contributed by atoms with E-state index in [0.29, 0.717) is 6.54 Å². The molecule has 120 valence electrons. The summed E-state index contributed by atoms with van der Waals surface area (Å²) in [4.78, 5) is 14.1. The smallest absolute Gasteiger partial charge is 0.271 e. The molecule has 0 bridgehead atoms. The van der Waals surface area contributed by atoms with Gasteiger partial charge in [-0.25, -0.2) is 0 Å². The second kappa shape index (κ2) is 7.30. The SMILES string of the molecule is O=C(NCC(O)CN1CCc2ccccc2C1)c1cccnn1. The van der Waals surface area contributed by atoms with E-state index in [2.05, 4.69) is 38.6 Å². The van der Waals surface area contributed by atoms with Gasteiger partial charge in [0.2, 0.25) is 0 Å². The minimum absolute atomic E-state index is 0.202. The Morgan fingerprint density at radius 1 is 1.26 bits per heavy atom. The lowest BCUT2D eigenvalue weighted by molar-refractivity contribution is 0.0837. The van der Waals surface area contributed by atoms with Crippen molar-refractivity contribution in [2.24, 2.45) is 0 Å². The monoisotopic (exact) mass is 312 g/mol. The molecule has 1 amide bonds. The molecule has 1 aliphatic rings. The van der Waals surface area contributed by atoms with Gasteiger partial charge in [0.1, 0.15) is 0 Å². The van der Waals surface area contributed by atoms with Gasteiger partial charge in [0, 0.05) is 32.4 Å². The van der Waals surface area contributed by atoms with Crippen molar-refractivity contribution in [3.05, 3.63) is 59.4 Å². The maximum absolute atomic E-state index is 11.9. The van der Waals surface area contributed by atoms with Gasteiger partial charge in [0.15, 0.2) is 5.69 Å². The van der Waals surface area contributed by atoms with Crippen molar-refractivity contribution in [2.45, 2.75) is 19.1 Å². The van der Waals surface area contributed by atoms with E-state index in [9.17, 15) is 9.90 Å². The van der Waals surface area contributed by atoms with E-state index in [1.54, 1.807) is 12.1 Å². The number of hydrogen-bond donors (Lipinski definition) is 2. The number of β-amino-alcohol motifs (C(OH)–C–C–N with tert-alkyl or cyclic N) is 1. The molecule has 0 fully saturated rings. The fourth-order valence-corrected chi connectivity index (χ4v) is 2.80. The van der Waals surface area contributed by atoms with E-state index in [-0.39, 0.29) is 18.1 Å². The van der Waals surface area contributed by atoms with Crippen LogP contribution in [0.2, 0.25) is 0 Å². The molecule has 6 nitrogen and oxygen atoms in total. The molecule has 0 radical (unpaired) electrons. The van der Waals surface area contributed by atoms with E-state index in [4.69, 9.17) is 0 Å². The zero-order chi connectivity index (χ0) is 16.1. The Balaban J connectivity index is 1.47. The first-order valence-electron chi connectivity index (χ1n) is 7.75. The molecule has 0 saturated heterocycles. The fraction of sp³-hybridized carbons (Fsp3) is 0.353. The van der Waals surface area contributed by atoms with Gasteiger partial charge >= 0.3 is 0 Å². The highest BCUT2D eigenvalue weighted by molar-refractivity contribution is 5.91. The van der Waals surface area contributed by atoms with Crippen LogP contribution >= 0.6 is 0 Å². The van der Waals surface area contributed by atoms with Crippen LogP contribution in [0.3, 0.4) is 0 Å². The summed E-state index contributed by atoms with van der Waals surface area (Å²) >= 11 is 0. The summed E-state index contributed by atoms with van der Waals surface area (Å²) < 4.78 is 0. The zero-order valence-corrected chi connectivity index (χ0v) is 12.9. The van der Waals surface area contributed by atoms with Gasteiger partial charge in [-0.3, -0.25) is 9.69 Å². The van der Waals surface area contributed by atoms with Crippen LogP contribution in [0.1, 0.15) is 21.6 Å². The number of aliphatic hydroxyl groups is 1. The Labute approximate surface area is 135 Å². The van der Waals surface area contributed by atoms with Gasteiger partial charge in [0.05, 0.1) is 6.10 Å². The maximum atomic E-state index is 11.9. The summed E-state index contributed by atoms with van der Waals surface area (Å²) in [5.41, 5.74) is 2.95. The molecule has 2 N–H and O–H groups in total. The van der Waals surface area contributed by atoms with Gasteiger partial charge in [0.25, 0.3) is 5.91 Å². The zero-order valence-electron chi connectivity index (χ0n) is 12.9. The standard InChI is InChI=1S/C17H20N4O2/c22-15(10-18-17(23)16-6-3-8-19-20-16)12-21-9-7-13-4-1-2-5-14(13)11-21/h1-6,8,15,22H,7,9-12H2,(H,18,23). The first kappa shape index (κ1) is 15.6. The Hall–Kier alpha value is -2.31. The van der Waals surface area contributed by atoms with E-state index in [0.717, 1.165) is 19.5 Å². The number of hydrogen-bond acceptors (Lipinski definition) is 5. The number of nitrogens with one attached hydrogen (secondary N) is 1. The van der Waals surface area contributed by atoms with E-state index < -0.39 is 6.10 Å². The van der Waals surface area contributed by atoms with Crippen LogP contribution in [0.5, 0.6) is 0 Å². The summed E-state index contributed by atoms with van der Waals surface area (Å²) in [5.74, 6) is -0.318. The predicted octanol–water partition coefficient (Wildman–Crippen LogP) is 0.626. The average molecular weight is 312 g/mol.